The van der Waals surface area contributed by atoms with E-state index in [9.17, 15) is 18.0 Å². The van der Waals surface area contributed by atoms with Crippen LogP contribution < -0.4 is 5.32 Å². The molecule has 10 heteroatoms. The fourth-order valence-electron chi connectivity index (χ4n) is 4.93. The van der Waals surface area contributed by atoms with Crippen LogP contribution in [0.1, 0.15) is 16.7 Å². The largest absolute Gasteiger partial charge is 0.379 e. The van der Waals surface area contributed by atoms with Gasteiger partial charge in [0, 0.05) is 45.7 Å². The predicted octanol–water partition coefficient (Wildman–Crippen LogP) is 2.54. The van der Waals surface area contributed by atoms with Crippen molar-refractivity contribution in [3.05, 3.63) is 108 Å². The average molecular weight is 593 g/mol. The minimum Gasteiger partial charge on any atom is -0.379 e. The van der Waals surface area contributed by atoms with Gasteiger partial charge >= 0.3 is 0 Å². The average Bonchev–Trinajstić information content (AvgIpc) is 3.00. The number of hydrogen-bond acceptors (Lipinski definition) is 6. The molecule has 42 heavy (non-hydrogen) atoms. The van der Waals surface area contributed by atoms with Gasteiger partial charge in [-0.1, -0.05) is 91.0 Å². The van der Waals surface area contributed by atoms with Gasteiger partial charge in [0.2, 0.25) is 21.8 Å². The summed E-state index contributed by atoms with van der Waals surface area (Å²) >= 11 is 0. The zero-order valence-electron chi connectivity index (χ0n) is 24.1. The normalized spacial score (nSPS) is 14.8. The molecule has 9 nitrogen and oxygen atoms in total. The molecule has 224 valence electrons. The zero-order chi connectivity index (χ0) is 29.8. The number of nitrogens with one attached hydrogen (secondary N) is 1. The Balaban J connectivity index is 1.60. The third-order valence-electron chi connectivity index (χ3n) is 7.28. The van der Waals surface area contributed by atoms with Crippen molar-refractivity contribution in [1.82, 2.24) is 19.4 Å². The number of amides is 2. The summed E-state index contributed by atoms with van der Waals surface area (Å²) in [6, 6.07) is 27.3. The molecule has 3 aromatic carbocycles. The first-order valence-corrected chi connectivity index (χ1v) is 16.1. The lowest BCUT2D eigenvalue weighted by atomic mass is 10.0. The quantitative estimate of drug-likeness (QED) is 0.309. The first-order valence-electron chi connectivity index (χ1n) is 14.2. The van der Waals surface area contributed by atoms with Crippen LogP contribution in [0.15, 0.2) is 91.0 Å². The van der Waals surface area contributed by atoms with Crippen molar-refractivity contribution >= 4 is 21.8 Å². The molecule has 1 heterocycles. The van der Waals surface area contributed by atoms with E-state index in [1.807, 2.05) is 91.0 Å². The molecular weight excluding hydrogens is 552 g/mol. The third-order valence-corrected chi connectivity index (χ3v) is 8.48. The summed E-state index contributed by atoms with van der Waals surface area (Å²) in [5, 5.41) is 3.05. The van der Waals surface area contributed by atoms with Crippen molar-refractivity contribution < 1.29 is 22.7 Å². The number of nitrogens with zero attached hydrogens (tertiary/aromatic N) is 3. The molecule has 1 saturated heterocycles. The van der Waals surface area contributed by atoms with E-state index in [2.05, 4.69) is 10.2 Å². The zero-order valence-corrected chi connectivity index (χ0v) is 24.9. The van der Waals surface area contributed by atoms with Crippen LogP contribution in [0.2, 0.25) is 0 Å². The van der Waals surface area contributed by atoms with E-state index in [1.165, 1.54) is 9.21 Å². The maximum absolute atomic E-state index is 14.1. The highest BCUT2D eigenvalue weighted by Crippen LogP contribution is 2.17. The number of rotatable bonds is 14. The molecule has 0 spiro atoms. The van der Waals surface area contributed by atoms with Crippen molar-refractivity contribution in [2.24, 2.45) is 0 Å². The topological polar surface area (TPSA) is 99.3 Å². The molecule has 0 aliphatic carbocycles. The van der Waals surface area contributed by atoms with Crippen LogP contribution in [0, 0.1) is 0 Å². The Morgan fingerprint density at radius 2 is 1.36 bits per heavy atom. The van der Waals surface area contributed by atoms with Crippen LogP contribution in [0.25, 0.3) is 0 Å². The number of sulfonamides is 1. The van der Waals surface area contributed by atoms with Gasteiger partial charge in [0.05, 0.1) is 26.0 Å². The highest BCUT2D eigenvalue weighted by atomic mass is 32.2. The third kappa shape index (κ3) is 9.77. The van der Waals surface area contributed by atoms with Gasteiger partial charge in [0.25, 0.3) is 0 Å². The second-order valence-electron chi connectivity index (χ2n) is 10.5. The lowest BCUT2D eigenvalue weighted by Crippen LogP contribution is -2.54. The Hall–Kier alpha value is -3.57. The van der Waals surface area contributed by atoms with Crippen molar-refractivity contribution in [2.45, 2.75) is 25.6 Å². The number of hydrogen-bond donors (Lipinski definition) is 1. The molecule has 0 aromatic heterocycles. The standard InChI is InChI=1S/C32H40N4O5S/c1-42(39,40)35(24-28-13-7-3-8-14-28)26-31(37)36(25-29-15-9-4-10-16-29)30(23-27-11-5-2-6-12-27)32(38)33-17-18-34-19-21-41-22-20-34/h2-16,30H,17-26H2,1H3,(H,33,38)/t30-/m0/s1. The van der Waals surface area contributed by atoms with Gasteiger partial charge in [-0.3, -0.25) is 14.5 Å². The van der Waals surface area contributed by atoms with Crippen LogP contribution in [-0.4, -0.2) is 92.6 Å². The lowest BCUT2D eigenvalue weighted by molar-refractivity contribution is -0.141. The van der Waals surface area contributed by atoms with Crippen molar-refractivity contribution in [3.63, 3.8) is 0 Å². The fourth-order valence-corrected chi connectivity index (χ4v) is 5.66. The van der Waals surface area contributed by atoms with E-state index in [4.69, 9.17) is 4.74 Å². The number of ether oxygens (including phenoxy) is 1. The Morgan fingerprint density at radius 3 is 1.90 bits per heavy atom. The Kier molecular flexibility index (Phi) is 11.7. The maximum atomic E-state index is 14.1. The monoisotopic (exact) mass is 592 g/mol. The maximum Gasteiger partial charge on any atom is 0.243 e. The molecule has 2 amide bonds. The molecule has 0 saturated carbocycles. The number of carbonyl (C=O) groups is 2. The molecule has 1 aliphatic rings. The minimum atomic E-state index is -3.73. The lowest BCUT2D eigenvalue weighted by Gasteiger charge is -2.33. The first-order chi connectivity index (χ1) is 20.3. The summed E-state index contributed by atoms with van der Waals surface area (Å²) in [5.74, 6) is -0.713. The predicted molar refractivity (Wildman–Crippen MR) is 163 cm³/mol. The molecule has 0 unspecified atom stereocenters. The van der Waals surface area contributed by atoms with E-state index in [-0.39, 0.29) is 25.5 Å². The van der Waals surface area contributed by atoms with Gasteiger partial charge in [-0.05, 0) is 16.7 Å². The van der Waals surface area contributed by atoms with Crippen molar-refractivity contribution in [1.29, 1.82) is 0 Å². The van der Waals surface area contributed by atoms with Crippen LogP contribution in [0.4, 0.5) is 0 Å². The Labute approximate surface area is 249 Å². The molecule has 1 aliphatic heterocycles. The minimum absolute atomic E-state index is 0.0552. The fraction of sp³-hybridized carbons (Fsp3) is 0.375. The van der Waals surface area contributed by atoms with Crippen LogP contribution in [-0.2, 0) is 43.9 Å². The summed E-state index contributed by atoms with van der Waals surface area (Å²) in [6.45, 7) is 3.91. The molecule has 4 rings (SSSR count). The van der Waals surface area contributed by atoms with Crippen LogP contribution in [0.3, 0.4) is 0 Å². The summed E-state index contributed by atoms with van der Waals surface area (Å²) in [7, 11) is -3.73. The number of benzene rings is 3. The van der Waals surface area contributed by atoms with Gasteiger partial charge in [0.1, 0.15) is 6.04 Å². The summed E-state index contributed by atoms with van der Waals surface area (Å²) in [4.78, 5) is 31.6. The molecular formula is C32H40N4O5S. The van der Waals surface area contributed by atoms with Gasteiger partial charge in [-0.25, -0.2) is 8.42 Å². The van der Waals surface area contributed by atoms with Gasteiger partial charge in [-0.2, -0.15) is 4.31 Å². The smallest absolute Gasteiger partial charge is 0.243 e. The van der Waals surface area contributed by atoms with Crippen LogP contribution in [0.5, 0.6) is 0 Å². The van der Waals surface area contributed by atoms with E-state index < -0.39 is 22.0 Å². The molecule has 3 aromatic rings. The molecule has 1 N–H and O–H groups in total. The second-order valence-corrected chi connectivity index (χ2v) is 12.5. The summed E-state index contributed by atoms with van der Waals surface area (Å²) in [5.41, 5.74) is 2.52. The van der Waals surface area contributed by atoms with Gasteiger partial charge in [-0.15, -0.1) is 0 Å². The SMILES string of the molecule is CS(=O)(=O)N(CC(=O)N(Cc1ccccc1)[C@@H](Cc1ccccc1)C(=O)NCCN1CCOCC1)Cc1ccccc1. The van der Waals surface area contributed by atoms with Gasteiger partial charge in [0.15, 0.2) is 0 Å². The number of morpholine rings is 1. The summed E-state index contributed by atoms with van der Waals surface area (Å²) < 4.78 is 32.2. The summed E-state index contributed by atoms with van der Waals surface area (Å²) in [6.07, 6.45) is 1.39. The van der Waals surface area contributed by atoms with E-state index in [1.54, 1.807) is 0 Å². The Morgan fingerprint density at radius 1 is 0.833 bits per heavy atom. The first kappa shape index (κ1) is 31.4. The number of carbonyl (C=O) groups excluding carboxylic acids is 2. The molecule has 0 bridgehead atoms. The molecule has 0 radical (unpaired) electrons. The molecule has 1 fully saturated rings. The Bertz CT molecular complexity index is 1370. The molecule has 1 atom stereocenters. The highest BCUT2D eigenvalue weighted by Gasteiger charge is 2.33. The van der Waals surface area contributed by atoms with E-state index in [0.717, 1.165) is 36.0 Å². The van der Waals surface area contributed by atoms with Crippen molar-refractivity contribution in [2.75, 3.05) is 52.2 Å². The van der Waals surface area contributed by atoms with E-state index in [0.29, 0.717) is 32.7 Å². The van der Waals surface area contributed by atoms with Crippen molar-refractivity contribution in [3.8, 4) is 0 Å². The van der Waals surface area contributed by atoms with Crippen LogP contribution >= 0.6 is 0 Å². The van der Waals surface area contributed by atoms with E-state index >= 15 is 0 Å². The second kappa shape index (κ2) is 15.6. The van der Waals surface area contributed by atoms with Gasteiger partial charge < -0.3 is 15.0 Å². The highest BCUT2D eigenvalue weighted by molar-refractivity contribution is 7.88.